The van der Waals surface area contributed by atoms with Crippen LogP contribution in [0.5, 0.6) is 5.75 Å². The van der Waals surface area contributed by atoms with Crippen molar-refractivity contribution in [3.63, 3.8) is 0 Å². The highest BCUT2D eigenvalue weighted by Crippen LogP contribution is 2.02. The van der Waals surface area contributed by atoms with Gasteiger partial charge in [-0.25, -0.2) is 0 Å². The van der Waals surface area contributed by atoms with E-state index in [1.54, 1.807) is 24.3 Å². The van der Waals surface area contributed by atoms with Gasteiger partial charge in [-0.05, 0) is 12.1 Å². The van der Waals surface area contributed by atoms with E-state index in [0.29, 0.717) is 5.75 Å². The number of para-hydroxylation sites is 1. The van der Waals surface area contributed by atoms with Gasteiger partial charge < -0.3 is 14.4 Å². The standard InChI is InChI=1S/C6H6O.ClHO3/c7-6-4-2-1-3-5-6;2-1(3)4/h1-5,7H;2H. The van der Waals surface area contributed by atoms with E-state index in [0.717, 1.165) is 0 Å². The molecule has 0 radical (unpaired) electrons. The zero-order valence-corrected chi connectivity index (χ0v) is 6.23. The van der Waals surface area contributed by atoms with Crippen molar-refractivity contribution in [3.05, 3.63) is 30.3 Å². The molecule has 0 aliphatic rings. The van der Waals surface area contributed by atoms with Crippen molar-refractivity contribution in [1.29, 1.82) is 0 Å². The largest absolute Gasteiger partial charge is 0.508 e. The molecule has 0 aliphatic carbocycles. The predicted molar refractivity (Wildman–Crippen MR) is 30.3 cm³/mol. The Morgan fingerprint density at radius 1 is 1.09 bits per heavy atom. The fraction of sp³-hybridized carbons (Fsp3) is 0. The van der Waals surface area contributed by atoms with Crippen LogP contribution >= 0.6 is 0 Å². The summed E-state index contributed by atoms with van der Waals surface area (Å²) in [6, 6.07) is 8.71. The van der Waals surface area contributed by atoms with E-state index in [2.05, 4.69) is 0 Å². The zero-order valence-electron chi connectivity index (χ0n) is 5.48. The fourth-order valence-corrected chi connectivity index (χ4v) is 0.428. The molecule has 0 fully saturated rings. The van der Waals surface area contributed by atoms with Gasteiger partial charge in [-0.3, -0.25) is 0 Å². The smallest absolute Gasteiger partial charge is 0.282 e. The Morgan fingerprint density at radius 3 is 1.64 bits per heavy atom. The van der Waals surface area contributed by atoms with E-state index < -0.39 is 10.8 Å². The van der Waals surface area contributed by atoms with Crippen molar-refractivity contribution in [3.8, 4) is 5.75 Å². The van der Waals surface area contributed by atoms with Gasteiger partial charge in [0, 0.05) is 4.66 Å². The number of aromatic hydroxyl groups is 1. The van der Waals surface area contributed by atoms with Gasteiger partial charge in [0.1, 0.15) is 5.75 Å². The van der Waals surface area contributed by atoms with Gasteiger partial charge in [-0.2, -0.15) is 0 Å². The molecule has 0 saturated carbocycles. The van der Waals surface area contributed by atoms with E-state index in [1.165, 1.54) is 0 Å². The Labute approximate surface area is 66.7 Å². The fourth-order valence-electron chi connectivity index (χ4n) is 0.428. The Hall–Kier alpha value is -0.810. The maximum Gasteiger partial charge on any atom is 0.282 e. The van der Waals surface area contributed by atoms with Crippen LogP contribution in [-0.2, 0) is 0 Å². The molecular formula is C6H7ClO4. The highest BCUT2D eigenvalue weighted by molar-refractivity contribution is 5.18. The summed E-state index contributed by atoms with van der Waals surface area (Å²) in [5.41, 5.74) is 0. The highest BCUT2D eigenvalue weighted by atomic mass is 35.6. The van der Waals surface area contributed by atoms with Gasteiger partial charge >= 0.3 is 0 Å². The Bertz CT molecular complexity index is 174. The first-order chi connectivity index (χ1) is 5.13. The summed E-state index contributed by atoms with van der Waals surface area (Å²) >= 11 is 0. The van der Waals surface area contributed by atoms with Crippen LogP contribution in [-0.4, -0.2) is 9.77 Å². The molecule has 4 nitrogen and oxygen atoms in total. The predicted octanol–water partition coefficient (Wildman–Crippen LogP) is -1.54. The molecule has 0 heterocycles. The molecule has 1 rings (SSSR count). The molecule has 0 atom stereocenters. The molecule has 0 aromatic heterocycles. The van der Waals surface area contributed by atoms with Crippen LogP contribution in [0.25, 0.3) is 0 Å². The quantitative estimate of drug-likeness (QED) is 0.504. The minimum absolute atomic E-state index is 0.322. The minimum atomic E-state index is -2.60. The van der Waals surface area contributed by atoms with Crippen LogP contribution < -0.4 is 9.32 Å². The SMILES string of the molecule is Oc1ccccc1.[O-][Cl+2]([O-])O. The van der Waals surface area contributed by atoms with Crippen LogP contribution in [0.15, 0.2) is 30.3 Å². The summed E-state index contributed by atoms with van der Waals surface area (Å²) in [5.74, 6) is 0.322. The van der Waals surface area contributed by atoms with Crippen LogP contribution in [0.4, 0.5) is 0 Å². The molecule has 5 heteroatoms. The number of hydrogen-bond acceptors (Lipinski definition) is 4. The maximum absolute atomic E-state index is 8.63. The molecule has 0 saturated heterocycles. The van der Waals surface area contributed by atoms with Gasteiger partial charge in [-0.15, -0.1) is 0 Å². The second-order valence-electron chi connectivity index (χ2n) is 1.54. The summed E-state index contributed by atoms with van der Waals surface area (Å²) in [6.07, 6.45) is 0. The third kappa shape index (κ3) is 9.19. The lowest BCUT2D eigenvalue weighted by atomic mass is 10.3. The zero-order chi connectivity index (χ0) is 8.69. The average molecular weight is 179 g/mol. The first kappa shape index (κ1) is 10.2. The summed E-state index contributed by atoms with van der Waals surface area (Å²) in [6.45, 7) is 0. The number of rotatable bonds is 0. The summed E-state index contributed by atoms with van der Waals surface area (Å²) in [5, 5.41) is 8.63. The van der Waals surface area contributed by atoms with E-state index in [9.17, 15) is 0 Å². The number of phenols is 1. The van der Waals surface area contributed by atoms with Crippen LogP contribution in [0.2, 0.25) is 0 Å². The van der Waals surface area contributed by atoms with E-state index >= 15 is 0 Å². The molecule has 62 valence electrons. The number of halogens is 1. The molecular weight excluding hydrogens is 172 g/mol. The molecule has 1 aromatic rings. The van der Waals surface area contributed by atoms with Gasteiger partial charge in [0.05, 0.1) is 0 Å². The lowest BCUT2D eigenvalue weighted by molar-refractivity contribution is -1.63. The summed E-state index contributed by atoms with van der Waals surface area (Å²) in [7, 11) is -2.60. The first-order valence-corrected chi connectivity index (χ1v) is 3.57. The summed E-state index contributed by atoms with van der Waals surface area (Å²) < 4.78 is 24.0. The normalized spacial score (nSPS) is 8.73. The molecule has 1 aromatic carbocycles. The minimum Gasteiger partial charge on any atom is -0.508 e. The molecule has 2 N–H and O–H groups in total. The van der Waals surface area contributed by atoms with Gasteiger partial charge in [0.15, 0.2) is 0 Å². The maximum atomic E-state index is 8.63. The highest BCUT2D eigenvalue weighted by Gasteiger charge is 1.79. The number of hydrogen-bond donors (Lipinski definition) is 2. The van der Waals surface area contributed by atoms with Crippen molar-refractivity contribution >= 4 is 0 Å². The molecule has 0 amide bonds. The molecule has 0 spiro atoms. The second kappa shape index (κ2) is 5.94. The van der Waals surface area contributed by atoms with Crippen LogP contribution in [0, 0.1) is 10.8 Å². The molecule has 0 aliphatic heterocycles. The van der Waals surface area contributed by atoms with Crippen molar-refractivity contribution in [1.82, 2.24) is 0 Å². The lowest BCUT2D eigenvalue weighted by Gasteiger charge is -1.82. The van der Waals surface area contributed by atoms with Gasteiger partial charge in [0.2, 0.25) is 0 Å². The monoisotopic (exact) mass is 178 g/mol. The van der Waals surface area contributed by atoms with E-state index in [-0.39, 0.29) is 0 Å². The number of benzene rings is 1. The average Bonchev–Trinajstić information content (AvgIpc) is 1.87. The Balaban J connectivity index is 0.000000218. The topological polar surface area (TPSA) is 86.6 Å². The first-order valence-electron chi connectivity index (χ1n) is 2.61. The second-order valence-corrected chi connectivity index (χ2v) is 1.94. The Morgan fingerprint density at radius 2 is 1.45 bits per heavy atom. The van der Waals surface area contributed by atoms with Crippen molar-refractivity contribution in [2.45, 2.75) is 0 Å². The number of phenolic OH excluding ortho intramolecular Hbond substituents is 1. The molecule has 11 heavy (non-hydrogen) atoms. The third-order valence-electron chi connectivity index (χ3n) is 0.756. The van der Waals surface area contributed by atoms with Gasteiger partial charge in [0.25, 0.3) is 10.8 Å². The van der Waals surface area contributed by atoms with Crippen molar-refractivity contribution in [2.24, 2.45) is 0 Å². The van der Waals surface area contributed by atoms with Gasteiger partial charge in [-0.1, -0.05) is 18.2 Å². The van der Waals surface area contributed by atoms with Crippen LogP contribution in [0.1, 0.15) is 0 Å². The van der Waals surface area contributed by atoms with Crippen LogP contribution in [0.3, 0.4) is 0 Å². The van der Waals surface area contributed by atoms with Crippen molar-refractivity contribution < 1.29 is 29.9 Å². The van der Waals surface area contributed by atoms with E-state index in [4.69, 9.17) is 19.1 Å². The Kier molecular flexibility index (Phi) is 5.50. The molecule has 0 bridgehead atoms. The third-order valence-corrected chi connectivity index (χ3v) is 0.756. The van der Waals surface area contributed by atoms with E-state index in [1.807, 2.05) is 6.07 Å². The molecule has 0 unspecified atom stereocenters. The lowest BCUT2D eigenvalue weighted by Crippen LogP contribution is -2.30. The van der Waals surface area contributed by atoms with Crippen molar-refractivity contribution in [2.75, 3.05) is 0 Å². The summed E-state index contributed by atoms with van der Waals surface area (Å²) in [4.78, 5) is 0.